The van der Waals surface area contributed by atoms with Crippen molar-refractivity contribution in [1.82, 2.24) is 14.7 Å². The van der Waals surface area contributed by atoms with Crippen molar-refractivity contribution < 1.29 is 14.3 Å². The first-order chi connectivity index (χ1) is 16.5. The Morgan fingerprint density at radius 3 is 2.65 bits per heavy atom. The maximum atomic E-state index is 12.5. The number of likely N-dealkylation sites (tertiary alicyclic amines) is 1. The van der Waals surface area contributed by atoms with Crippen LogP contribution in [-0.4, -0.2) is 60.2 Å². The minimum atomic E-state index is -0.343. The molecule has 1 aliphatic rings. The molecule has 0 aliphatic carbocycles. The van der Waals surface area contributed by atoms with Crippen LogP contribution in [0.4, 0.5) is 16.2 Å². The summed E-state index contributed by atoms with van der Waals surface area (Å²) in [5.74, 6) is 0.743. The summed E-state index contributed by atoms with van der Waals surface area (Å²) in [4.78, 5) is 14.9. The number of aromatic nitrogens is 2. The second-order valence-electron chi connectivity index (χ2n) is 8.29. The lowest BCUT2D eigenvalue weighted by molar-refractivity contribution is 0.0272. The van der Waals surface area contributed by atoms with E-state index in [0.29, 0.717) is 29.1 Å². The van der Waals surface area contributed by atoms with Gasteiger partial charge in [0.1, 0.15) is 12.4 Å². The summed E-state index contributed by atoms with van der Waals surface area (Å²) < 4.78 is 13.5. The van der Waals surface area contributed by atoms with E-state index in [0.717, 1.165) is 49.5 Å². The molecule has 0 saturated carbocycles. The van der Waals surface area contributed by atoms with Gasteiger partial charge in [-0.3, -0.25) is 9.58 Å². The van der Waals surface area contributed by atoms with Crippen LogP contribution in [0.15, 0.2) is 54.7 Å². The molecular formula is C25H30ClN5O3. The van der Waals surface area contributed by atoms with Crippen LogP contribution in [0.3, 0.4) is 0 Å². The van der Waals surface area contributed by atoms with Crippen LogP contribution in [0.25, 0.3) is 11.3 Å². The van der Waals surface area contributed by atoms with E-state index in [1.165, 1.54) is 0 Å². The fraction of sp³-hybridized carbons (Fsp3) is 0.360. The van der Waals surface area contributed by atoms with Gasteiger partial charge in [0, 0.05) is 55.4 Å². The SMILES string of the molecule is COC1CCCN(CCOc2ccc(NC(=O)Nc3ccc(Cl)cc3)cc2-c2ccnn2C)C1. The molecule has 8 nitrogen and oxygen atoms in total. The van der Waals surface area contributed by atoms with E-state index in [4.69, 9.17) is 21.1 Å². The molecule has 1 aromatic heterocycles. The van der Waals surface area contributed by atoms with Crippen molar-refractivity contribution in [3.05, 3.63) is 59.8 Å². The summed E-state index contributed by atoms with van der Waals surface area (Å²) in [6, 6.07) is 14.1. The standard InChI is InChI=1S/C25H30ClN5O3/c1-30-23(11-12-27-30)22-16-20(29-25(32)28-19-7-5-18(26)6-8-19)9-10-24(22)34-15-14-31-13-3-4-21(17-31)33-2/h5-12,16,21H,3-4,13-15,17H2,1-2H3,(H2,28,29,32). The van der Waals surface area contributed by atoms with Gasteiger partial charge in [-0.2, -0.15) is 5.10 Å². The Hall–Kier alpha value is -3.07. The molecule has 0 spiro atoms. The molecule has 9 heteroatoms. The number of hydrogen-bond donors (Lipinski definition) is 2. The Morgan fingerprint density at radius 1 is 1.15 bits per heavy atom. The Labute approximate surface area is 204 Å². The van der Waals surface area contributed by atoms with E-state index in [2.05, 4.69) is 20.6 Å². The molecule has 2 heterocycles. The first kappa shape index (κ1) is 24.1. The van der Waals surface area contributed by atoms with Crippen molar-refractivity contribution >= 4 is 29.0 Å². The minimum absolute atomic E-state index is 0.295. The number of nitrogens with zero attached hydrogens (tertiary/aromatic N) is 3. The number of rotatable bonds is 8. The zero-order valence-corrected chi connectivity index (χ0v) is 20.2. The number of anilines is 2. The maximum Gasteiger partial charge on any atom is 0.323 e. The van der Waals surface area contributed by atoms with Gasteiger partial charge in [-0.15, -0.1) is 0 Å². The van der Waals surface area contributed by atoms with E-state index in [1.807, 2.05) is 31.3 Å². The highest BCUT2D eigenvalue weighted by Crippen LogP contribution is 2.32. The lowest BCUT2D eigenvalue weighted by Crippen LogP contribution is -2.41. The Kier molecular flexibility index (Phi) is 8.05. The molecular weight excluding hydrogens is 454 g/mol. The number of nitrogens with one attached hydrogen (secondary N) is 2. The number of methoxy groups -OCH3 is 1. The van der Waals surface area contributed by atoms with E-state index in [9.17, 15) is 4.79 Å². The summed E-state index contributed by atoms with van der Waals surface area (Å²) in [6.07, 6.45) is 4.28. The van der Waals surface area contributed by atoms with E-state index in [1.54, 1.807) is 42.3 Å². The first-order valence-corrected chi connectivity index (χ1v) is 11.7. The number of benzene rings is 2. The number of hydrogen-bond acceptors (Lipinski definition) is 5. The number of halogens is 1. The predicted molar refractivity (Wildman–Crippen MR) is 135 cm³/mol. The molecule has 2 amide bonds. The van der Waals surface area contributed by atoms with Gasteiger partial charge in [-0.1, -0.05) is 11.6 Å². The molecule has 34 heavy (non-hydrogen) atoms. The van der Waals surface area contributed by atoms with Crippen LogP contribution in [0.5, 0.6) is 5.75 Å². The number of urea groups is 1. The molecule has 1 saturated heterocycles. The minimum Gasteiger partial charge on any atom is -0.492 e. The van der Waals surface area contributed by atoms with Crippen molar-refractivity contribution in [1.29, 1.82) is 0 Å². The molecule has 2 N–H and O–H groups in total. The molecule has 180 valence electrons. The van der Waals surface area contributed by atoms with E-state index < -0.39 is 0 Å². The van der Waals surface area contributed by atoms with Gasteiger partial charge in [0.25, 0.3) is 0 Å². The molecule has 4 rings (SSSR count). The van der Waals surface area contributed by atoms with E-state index >= 15 is 0 Å². The van der Waals surface area contributed by atoms with Crippen molar-refractivity contribution in [2.75, 3.05) is 44.0 Å². The molecule has 1 fully saturated rings. The number of aryl methyl sites for hydroxylation is 1. The average Bonchev–Trinajstić information content (AvgIpc) is 3.27. The van der Waals surface area contributed by atoms with Gasteiger partial charge in [0.2, 0.25) is 0 Å². The van der Waals surface area contributed by atoms with Crippen LogP contribution < -0.4 is 15.4 Å². The molecule has 0 radical (unpaired) electrons. The van der Waals surface area contributed by atoms with Crippen molar-refractivity contribution in [3.63, 3.8) is 0 Å². The topological polar surface area (TPSA) is 80.7 Å². The second-order valence-corrected chi connectivity index (χ2v) is 8.72. The smallest absolute Gasteiger partial charge is 0.323 e. The number of amides is 2. The van der Waals surface area contributed by atoms with Gasteiger partial charge in [0.15, 0.2) is 0 Å². The number of piperidine rings is 1. The first-order valence-electron chi connectivity index (χ1n) is 11.4. The van der Waals surface area contributed by atoms with Gasteiger partial charge >= 0.3 is 6.03 Å². The fourth-order valence-electron chi connectivity index (χ4n) is 4.09. The molecule has 2 aromatic carbocycles. The van der Waals surface area contributed by atoms with Gasteiger partial charge in [-0.25, -0.2) is 4.79 Å². The highest BCUT2D eigenvalue weighted by molar-refractivity contribution is 6.30. The zero-order chi connectivity index (χ0) is 23.9. The van der Waals surface area contributed by atoms with Crippen molar-refractivity contribution in [2.45, 2.75) is 18.9 Å². The summed E-state index contributed by atoms with van der Waals surface area (Å²) in [6.45, 7) is 3.38. The van der Waals surface area contributed by atoms with Crippen LogP contribution in [0.2, 0.25) is 5.02 Å². The Morgan fingerprint density at radius 2 is 1.91 bits per heavy atom. The van der Waals surface area contributed by atoms with E-state index in [-0.39, 0.29) is 6.03 Å². The lowest BCUT2D eigenvalue weighted by atomic mass is 10.1. The summed E-state index contributed by atoms with van der Waals surface area (Å²) >= 11 is 5.91. The maximum absolute atomic E-state index is 12.5. The summed E-state index contributed by atoms with van der Waals surface area (Å²) in [5.41, 5.74) is 3.06. The van der Waals surface area contributed by atoms with Crippen LogP contribution in [0, 0.1) is 0 Å². The largest absolute Gasteiger partial charge is 0.492 e. The third kappa shape index (κ3) is 6.28. The summed E-state index contributed by atoms with van der Waals surface area (Å²) in [5, 5.41) is 10.6. The average molecular weight is 484 g/mol. The van der Waals surface area contributed by atoms with Gasteiger partial charge < -0.3 is 20.1 Å². The number of carbonyl (C=O) groups is 1. The third-order valence-corrected chi connectivity index (χ3v) is 6.15. The Bertz CT molecular complexity index is 1100. The molecule has 1 unspecified atom stereocenters. The number of ether oxygens (including phenoxy) is 2. The number of carbonyl (C=O) groups excluding carboxylic acids is 1. The molecule has 1 atom stereocenters. The van der Waals surface area contributed by atoms with Crippen LogP contribution in [-0.2, 0) is 11.8 Å². The monoisotopic (exact) mass is 483 g/mol. The van der Waals surface area contributed by atoms with Crippen molar-refractivity contribution in [2.24, 2.45) is 7.05 Å². The Balaban J connectivity index is 1.44. The molecule has 3 aromatic rings. The van der Waals surface area contributed by atoms with Crippen LogP contribution in [0.1, 0.15) is 12.8 Å². The van der Waals surface area contributed by atoms with Crippen molar-refractivity contribution in [3.8, 4) is 17.0 Å². The summed E-state index contributed by atoms with van der Waals surface area (Å²) in [7, 11) is 3.65. The van der Waals surface area contributed by atoms with Gasteiger partial charge in [0.05, 0.1) is 11.8 Å². The second kappa shape index (κ2) is 11.4. The fourth-order valence-corrected chi connectivity index (χ4v) is 4.22. The molecule has 1 aliphatic heterocycles. The molecule has 0 bridgehead atoms. The zero-order valence-electron chi connectivity index (χ0n) is 19.5. The lowest BCUT2D eigenvalue weighted by Gasteiger charge is -2.31. The predicted octanol–water partition coefficient (Wildman–Crippen LogP) is 4.87. The highest BCUT2D eigenvalue weighted by atomic mass is 35.5. The highest BCUT2D eigenvalue weighted by Gasteiger charge is 2.19. The quantitative estimate of drug-likeness (QED) is 0.477. The van der Waals surface area contributed by atoms with Gasteiger partial charge in [-0.05, 0) is 67.9 Å². The normalized spacial score (nSPS) is 16.3. The van der Waals surface area contributed by atoms with Crippen LogP contribution >= 0.6 is 11.6 Å². The third-order valence-electron chi connectivity index (χ3n) is 5.90.